The Morgan fingerprint density at radius 1 is 1.20 bits per heavy atom. The van der Waals surface area contributed by atoms with Crippen LogP contribution in [0, 0.1) is 24.6 Å². The van der Waals surface area contributed by atoms with E-state index < -0.39 is 0 Å². The van der Waals surface area contributed by atoms with Gasteiger partial charge in [0.1, 0.15) is 18.5 Å². The van der Waals surface area contributed by atoms with E-state index in [0.717, 1.165) is 39.5 Å². The van der Waals surface area contributed by atoms with Gasteiger partial charge in [0.15, 0.2) is 0 Å². The second kappa shape index (κ2) is 8.85. The Labute approximate surface area is 205 Å². The van der Waals surface area contributed by atoms with Gasteiger partial charge >= 0.3 is 0 Å². The number of benzene rings is 2. The monoisotopic (exact) mass is 480 g/mol. The molecule has 8 heteroatoms. The summed E-state index contributed by atoms with van der Waals surface area (Å²) in [4.78, 5) is 4.99. The summed E-state index contributed by atoms with van der Waals surface area (Å²) in [6.07, 6.45) is 4.13. The third-order valence-corrected chi connectivity index (χ3v) is 6.98. The van der Waals surface area contributed by atoms with Crippen LogP contribution in [0.1, 0.15) is 27.1 Å². The first-order chi connectivity index (χ1) is 17.1. The van der Waals surface area contributed by atoms with E-state index in [9.17, 15) is 4.39 Å². The zero-order valence-corrected chi connectivity index (χ0v) is 19.8. The van der Waals surface area contributed by atoms with Crippen LogP contribution in [0.25, 0.3) is 22.5 Å². The average molecular weight is 481 g/mol. The number of thiophene rings is 1. The molecule has 0 unspecified atom stereocenters. The molecule has 0 radical (unpaired) electrons. The molecule has 2 N–H and O–H groups in total. The summed E-state index contributed by atoms with van der Waals surface area (Å²) >= 11 is 1.60. The summed E-state index contributed by atoms with van der Waals surface area (Å²) in [7, 11) is 0. The predicted molar refractivity (Wildman–Crippen MR) is 136 cm³/mol. The molecule has 0 saturated heterocycles. The summed E-state index contributed by atoms with van der Waals surface area (Å²) in [6, 6.07) is 13.3. The van der Waals surface area contributed by atoms with Crippen LogP contribution in [0.15, 0.2) is 60.5 Å². The molecule has 2 aromatic carbocycles. The molecule has 3 heterocycles. The number of nitrogens with one attached hydrogen (secondary N) is 2. The van der Waals surface area contributed by atoms with Crippen LogP contribution in [-0.2, 0) is 13.0 Å². The highest BCUT2D eigenvalue weighted by molar-refractivity contribution is 7.11. The summed E-state index contributed by atoms with van der Waals surface area (Å²) in [5, 5.41) is 17.4. The van der Waals surface area contributed by atoms with E-state index >= 15 is 0 Å². The van der Waals surface area contributed by atoms with E-state index in [4.69, 9.17) is 0 Å². The summed E-state index contributed by atoms with van der Waals surface area (Å²) in [6.45, 7) is 3.09. The lowest BCUT2D eigenvalue weighted by Gasteiger charge is -2.05. The molecule has 0 spiro atoms. The topological polar surface area (TPSA) is 71.4 Å². The fourth-order valence-corrected chi connectivity index (χ4v) is 5.17. The average Bonchev–Trinajstić information content (AvgIpc) is 3.64. The second-order valence-electron chi connectivity index (χ2n) is 8.50. The number of rotatable bonds is 5. The summed E-state index contributed by atoms with van der Waals surface area (Å²) < 4.78 is 15.3. The van der Waals surface area contributed by atoms with Gasteiger partial charge in [-0.05, 0) is 41.8 Å². The molecule has 1 aliphatic rings. The van der Waals surface area contributed by atoms with Crippen molar-refractivity contribution in [2.24, 2.45) is 0 Å². The van der Waals surface area contributed by atoms with Crippen molar-refractivity contribution in [3.63, 3.8) is 0 Å². The number of anilines is 1. The van der Waals surface area contributed by atoms with Crippen molar-refractivity contribution in [2.45, 2.75) is 19.9 Å². The van der Waals surface area contributed by atoms with Crippen molar-refractivity contribution in [1.29, 1.82) is 0 Å². The van der Waals surface area contributed by atoms with E-state index in [0.29, 0.717) is 13.1 Å². The Morgan fingerprint density at radius 3 is 3.03 bits per heavy atom. The van der Waals surface area contributed by atoms with Crippen molar-refractivity contribution in [3.8, 4) is 34.4 Å². The lowest BCUT2D eigenvalue weighted by molar-refractivity contribution is 0.628. The van der Waals surface area contributed by atoms with Gasteiger partial charge in [-0.1, -0.05) is 36.1 Å². The van der Waals surface area contributed by atoms with Crippen molar-refractivity contribution < 1.29 is 4.39 Å². The number of hydrogen-bond acceptors (Lipinski definition) is 5. The number of H-pyrrole nitrogens is 1. The number of aromatic nitrogens is 5. The minimum Gasteiger partial charge on any atom is -0.374 e. The zero-order chi connectivity index (χ0) is 23.8. The van der Waals surface area contributed by atoms with E-state index in [1.165, 1.54) is 34.4 Å². The molecule has 172 valence electrons. The summed E-state index contributed by atoms with van der Waals surface area (Å²) in [5.74, 6) is 6.08. The van der Waals surface area contributed by atoms with Crippen molar-refractivity contribution in [3.05, 3.63) is 93.4 Å². The molecule has 5 aromatic rings. The molecule has 0 atom stereocenters. The Kier molecular flexibility index (Phi) is 5.39. The molecule has 0 aliphatic heterocycles. The normalized spacial score (nSPS) is 11.6. The third kappa shape index (κ3) is 4.22. The zero-order valence-electron chi connectivity index (χ0n) is 19.0. The molecule has 6 nitrogen and oxygen atoms in total. The number of halogens is 1. The Balaban J connectivity index is 1.16. The van der Waals surface area contributed by atoms with E-state index in [2.05, 4.69) is 67.1 Å². The van der Waals surface area contributed by atoms with Gasteiger partial charge in [0.05, 0.1) is 29.4 Å². The van der Waals surface area contributed by atoms with Crippen molar-refractivity contribution in [2.75, 3.05) is 11.9 Å². The lowest BCUT2D eigenvalue weighted by atomic mass is 10.1. The molecule has 3 aromatic heterocycles. The SMILES string of the molecule is Cc1ccc(F)cc1NCC#Cc1cc(-c2n[nH]c3c2Cc2cc(Cn4cncn4)ccc2-3)cs1. The van der Waals surface area contributed by atoms with Crippen LogP contribution in [0.5, 0.6) is 0 Å². The fraction of sp³-hybridized carbons (Fsp3) is 0.148. The van der Waals surface area contributed by atoms with Crippen LogP contribution in [0.3, 0.4) is 0 Å². The predicted octanol–water partition coefficient (Wildman–Crippen LogP) is 5.26. The molecule has 6 rings (SSSR count). The highest BCUT2D eigenvalue weighted by Crippen LogP contribution is 2.41. The Bertz CT molecular complexity index is 1590. The van der Waals surface area contributed by atoms with Gasteiger partial charge in [0, 0.05) is 34.2 Å². The first-order valence-electron chi connectivity index (χ1n) is 11.2. The number of fused-ring (bicyclic) bond motifs is 3. The van der Waals surface area contributed by atoms with Gasteiger partial charge in [-0.15, -0.1) is 11.3 Å². The smallest absolute Gasteiger partial charge is 0.137 e. The van der Waals surface area contributed by atoms with Gasteiger partial charge in [0.2, 0.25) is 0 Å². The maximum absolute atomic E-state index is 13.4. The van der Waals surface area contributed by atoms with Gasteiger partial charge in [0.25, 0.3) is 0 Å². The second-order valence-corrected chi connectivity index (χ2v) is 9.41. The highest BCUT2D eigenvalue weighted by Gasteiger charge is 2.25. The van der Waals surface area contributed by atoms with E-state index in [1.807, 2.05) is 11.6 Å². The quantitative estimate of drug-likeness (QED) is 0.330. The van der Waals surface area contributed by atoms with Crippen molar-refractivity contribution in [1.82, 2.24) is 25.0 Å². The highest BCUT2D eigenvalue weighted by atomic mass is 32.1. The van der Waals surface area contributed by atoms with Gasteiger partial charge in [-0.3, -0.25) is 5.10 Å². The van der Waals surface area contributed by atoms with Gasteiger partial charge in [-0.25, -0.2) is 14.1 Å². The first-order valence-corrected chi connectivity index (χ1v) is 12.1. The Morgan fingerprint density at radius 2 is 2.14 bits per heavy atom. The van der Waals surface area contributed by atoms with Crippen LogP contribution in [0.4, 0.5) is 10.1 Å². The molecule has 0 bridgehead atoms. The number of aryl methyl sites for hydroxylation is 1. The number of hydrogen-bond donors (Lipinski definition) is 2. The van der Waals surface area contributed by atoms with Crippen LogP contribution < -0.4 is 5.32 Å². The van der Waals surface area contributed by atoms with Gasteiger partial charge < -0.3 is 5.32 Å². The largest absolute Gasteiger partial charge is 0.374 e. The van der Waals surface area contributed by atoms with Crippen LogP contribution in [-0.4, -0.2) is 31.5 Å². The van der Waals surface area contributed by atoms with Crippen LogP contribution >= 0.6 is 11.3 Å². The minimum absolute atomic E-state index is 0.255. The van der Waals surface area contributed by atoms with Gasteiger partial charge in [-0.2, -0.15) is 10.2 Å². The minimum atomic E-state index is -0.255. The summed E-state index contributed by atoms with van der Waals surface area (Å²) in [5.41, 5.74) is 9.82. The van der Waals surface area contributed by atoms with Crippen LogP contribution in [0.2, 0.25) is 0 Å². The molecule has 0 fully saturated rings. The Hall–Kier alpha value is -4.22. The third-order valence-electron chi connectivity index (χ3n) is 6.14. The van der Waals surface area contributed by atoms with Crippen molar-refractivity contribution >= 4 is 17.0 Å². The molecular weight excluding hydrogens is 459 g/mol. The fourth-order valence-electron chi connectivity index (χ4n) is 4.41. The molecule has 0 saturated carbocycles. The molecule has 0 amide bonds. The first kappa shape index (κ1) is 21.3. The molecule has 35 heavy (non-hydrogen) atoms. The number of aromatic amines is 1. The maximum atomic E-state index is 13.4. The molecular formula is C27H21FN6S. The number of nitrogens with zero attached hydrogens (tertiary/aromatic N) is 4. The maximum Gasteiger partial charge on any atom is 0.137 e. The lowest BCUT2D eigenvalue weighted by Crippen LogP contribution is -2.00. The van der Waals surface area contributed by atoms with E-state index in [1.54, 1.807) is 30.1 Å². The molecule has 1 aliphatic carbocycles. The standard InChI is InChI=1S/C27H21FN6S/c1-17-4-6-21(28)12-25(17)30-8-2-3-22-10-20(14-35-22)26-24-11-19-9-18(13-34-16-29-15-31-34)5-7-23(19)27(24)33-32-26/h4-7,9-10,12,14-16,30H,8,11,13H2,1H3,(H,32,33). The van der Waals surface area contributed by atoms with E-state index in [-0.39, 0.29) is 5.82 Å².